The molecule has 4 rings (SSSR count). The summed E-state index contributed by atoms with van der Waals surface area (Å²) in [6.07, 6.45) is 4.74. The first kappa shape index (κ1) is 24.7. The number of hydrogen-bond donors (Lipinski definition) is 0. The van der Waals surface area contributed by atoms with Crippen LogP contribution in [0.5, 0.6) is 0 Å². The fourth-order valence-electron chi connectivity index (χ4n) is 4.91. The average Bonchev–Trinajstić information content (AvgIpc) is 3.24. The van der Waals surface area contributed by atoms with Gasteiger partial charge in [0.15, 0.2) is 0 Å². The summed E-state index contributed by atoms with van der Waals surface area (Å²) in [5.41, 5.74) is 1.38. The van der Waals surface area contributed by atoms with Gasteiger partial charge in [-0.05, 0) is 50.8 Å². The molecule has 0 radical (unpaired) electrons. The number of imidazole rings is 1. The first-order chi connectivity index (χ1) is 16.3. The normalized spacial score (nSPS) is 19.9. The monoisotopic (exact) mass is 490 g/mol. The second kappa shape index (κ2) is 10.4. The summed E-state index contributed by atoms with van der Waals surface area (Å²) in [5.74, 6) is -0.0158. The summed E-state index contributed by atoms with van der Waals surface area (Å²) < 4.78 is 35.2. The average molecular weight is 491 g/mol. The molecule has 0 spiro atoms. The van der Waals surface area contributed by atoms with Gasteiger partial charge in [-0.3, -0.25) is 9.59 Å². The van der Waals surface area contributed by atoms with E-state index >= 15 is 0 Å². The van der Waals surface area contributed by atoms with Crippen LogP contribution in [0.25, 0.3) is 11.0 Å². The van der Waals surface area contributed by atoms with Gasteiger partial charge in [0.05, 0.1) is 21.8 Å². The lowest BCUT2D eigenvalue weighted by Gasteiger charge is -2.31. The van der Waals surface area contributed by atoms with E-state index in [1.807, 2.05) is 18.4 Å². The molecule has 10 heteroatoms. The largest absolute Gasteiger partial charge is 0.457 e. The first-order valence-electron chi connectivity index (χ1n) is 12.3. The highest BCUT2D eigenvalue weighted by Crippen LogP contribution is 2.26. The molecule has 2 aliphatic rings. The SMILES string of the molecule is CCC(=O)N1CCCC(C(=O)OCc2nc3cc(S(=O)(=O)N4CCCCC4)ccc3n2CC)C1. The molecule has 1 aromatic carbocycles. The molecule has 34 heavy (non-hydrogen) atoms. The predicted octanol–water partition coefficient (Wildman–Crippen LogP) is 2.92. The number of aryl methyl sites for hydroxylation is 1. The smallest absolute Gasteiger partial charge is 0.311 e. The summed E-state index contributed by atoms with van der Waals surface area (Å²) in [6.45, 7) is 6.60. The number of hydrogen-bond acceptors (Lipinski definition) is 6. The molecule has 2 aliphatic heterocycles. The molecule has 0 bridgehead atoms. The van der Waals surface area contributed by atoms with E-state index in [-0.39, 0.29) is 29.3 Å². The van der Waals surface area contributed by atoms with Crippen LogP contribution in [0.15, 0.2) is 23.1 Å². The molecule has 9 nitrogen and oxygen atoms in total. The predicted molar refractivity (Wildman–Crippen MR) is 127 cm³/mol. The van der Waals surface area contributed by atoms with Gasteiger partial charge < -0.3 is 14.2 Å². The number of nitrogens with zero attached hydrogens (tertiary/aromatic N) is 4. The number of piperidine rings is 2. The lowest BCUT2D eigenvalue weighted by Crippen LogP contribution is -2.42. The molecule has 0 aliphatic carbocycles. The molecule has 1 aromatic heterocycles. The van der Waals surface area contributed by atoms with Gasteiger partial charge in [0.25, 0.3) is 0 Å². The minimum absolute atomic E-state index is 0.00772. The van der Waals surface area contributed by atoms with Crippen molar-refractivity contribution in [2.75, 3.05) is 26.2 Å². The summed E-state index contributed by atoms with van der Waals surface area (Å²) in [7, 11) is -3.55. The minimum atomic E-state index is -3.55. The fraction of sp³-hybridized carbons (Fsp3) is 0.625. The second-order valence-electron chi connectivity index (χ2n) is 9.03. The maximum atomic E-state index is 13.1. The highest BCUT2D eigenvalue weighted by molar-refractivity contribution is 7.89. The molecule has 1 atom stereocenters. The number of fused-ring (bicyclic) bond motifs is 1. The molecule has 0 N–H and O–H groups in total. The van der Waals surface area contributed by atoms with Gasteiger partial charge in [0.2, 0.25) is 15.9 Å². The third-order valence-electron chi connectivity index (χ3n) is 6.82. The number of carbonyl (C=O) groups excluding carboxylic acids is 2. The van der Waals surface area contributed by atoms with Crippen LogP contribution in [0.3, 0.4) is 0 Å². The number of sulfonamides is 1. The van der Waals surface area contributed by atoms with Crippen LogP contribution in [0.1, 0.15) is 58.2 Å². The van der Waals surface area contributed by atoms with Crippen molar-refractivity contribution in [3.8, 4) is 0 Å². The number of carbonyl (C=O) groups is 2. The number of amides is 1. The van der Waals surface area contributed by atoms with E-state index in [2.05, 4.69) is 4.98 Å². The quantitative estimate of drug-likeness (QED) is 0.553. The van der Waals surface area contributed by atoms with Crippen LogP contribution >= 0.6 is 0 Å². The van der Waals surface area contributed by atoms with Gasteiger partial charge in [-0.2, -0.15) is 4.31 Å². The van der Waals surface area contributed by atoms with Crippen LogP contribution in [0.4, 0.5) is 0 Å². The van der Waals surface area contributed by atoms with E-state index in [1.165, 1.54) is 0 Å². The Bertz CT molecular complexity index is 1150. The van der Waals surface area contributed by atoms with Crippen LogP contribution in [-0.4, -0.2) is 65.2 Å². The molecule has 186 valence electrons. The van der Waals surface area contributed by atoms with Crippen LogP contribution < -0.4 is 0 Å². The molecule has 0 saturated carbocycles. The molecule has 2 aromatic rings. The maximum absolute atomic E-state index is 13.1. The summed E-state index contributed by atoms with van der Waals surface area (Å²) >= 11 is 0. The lowest BCUT2D eigenvalue weighted by molar-refractivity contribution is -0.153. The van der Waals surface area contributed by atoms with Crippen LogP contribution in [0.2, 0.25) is 0 Å². The summed E-state index contributed by atoms with van der Waals surface area (Å²) in [6, 6.07) is 5.03. The van der Waals surface area contributed by atoms with Gasteiger partial charge in [-0.1, -0.05) is 13.3 Å². The second-order valence-corrected chi connectivity index (χ2v) is 11.0. The Labute approximate surface area is 201 Å². The molecule has 2 fully saturated rings. The third-order valence-corrected chi connectivity index (χ3v) is 8.72. The van der Waals surface area contributed by atoms with E-state index in [9.17, 15) is 18.0 Å². The van der Waals surface area contributed by atoms with Crippen molar-refractivity contribution in [1.82, 2.24) is 18.8 Å². The van der Waals surface area contributed by atoms with Gasteiger partial charge in [0, 0.05) is 39.1 Å². The number of ether oxygens (including phenoxy) is 1. The first-order valence-corrected chi connectivity index (χ1v) is 13.7. The Kier molecular flexibility index (Phi) is 7.57. The van der Waals surface area contributed by atoms with Gasteiger partial charge in [-0.15, -0.1) is 0 Å². The zero-order chi connectivity index (χ0) is 24.3. The Morgan fingerprint density at radius 1 is 1.09 bits per heavy atom. The Hall–Kier alpha value is -2.46. The van der Waals surface area contributed by atoms with Gasteiger partial charge >= 0.3 is 5.97 Å². The Morgan fingerprint density at radius 2 is 1.85 bits per heavy atom. The Morgan fingerprint density at radius 3 is 2.56 bits per heavy atom. The van der Waals surface area contributed by atoms with Crippen molar-refractivity contribution in [1.29, 1.82) is 0 Å². The van der Waals surface area contributed by atoms with Crippen LogP contribution in [-0.2, 0) is 37.5 Å². The highest BCUT2D eigenvalue weighted by atomic mass is 32.2. The number of rotatable bonds is 7. The topological polar surface area (TPSA) is 102 Å². The standard InChI is InChI=1S/C24H34N4O5S/c1-3-23(29)26-12-8-9-18(16-26)24(30)33-17-22-25-20-15-19(10-11-21(20)28(22)4-2)34(31,32)27-13-6-5-7-14-27/h10-11,15,18H,3-9,12-14,16-17H2,1-2H3. The van der Waals surface area contributed by atoms with Gasteiger partial charge in [-0.25, -0.2) is 13.4 Å². The fourth-order valence-corrected chi connectivity index (χ4v) is 6.45. The molecule has 1 unspecified atom stereocenters. The van der Waals surface area contributed by atoms with Crippen molar-refractivity contribution < 1.29 is 22.7 Å². The molecule has 3 heterocycles. The zero-order valence-electron chi connectivity index (χ0n) is 20.0. The van der Waals surface area contributed by atoms with E-state index in [0.29, 0.717) is 56.9 Å². The van der Waals surface area contributed by atoms with Crippen LogP contribution in [0, 0.1) is 5.92 Å². The van der Waals surface area contributed by atoms with Crippen molar-refractivity contribution >= 4 is 32.9 Å². The molecular weight excluding hydrogens is 456 g/mol. The molecular formula is C24H34N4O5S. The van der Waals surface area contributed by atoms with Crippen molar-refractivity contribution in [3.05, 3.63) is 24.0 Å². The van der Waals surface area contributed by atoms with Crippen molar-refractivity contribution in [3.63, 3.8) is 0 Å². The highest BCUT2D eigenvalue weighted by Gasteiger charge is 2.30. The number of aromatic nitrogens is 2. The number of benzene rings is 1. The summed E-state index contributed by atoms with van der Waals surface area (Å²) in [5, 5.41) is 0. The molecule has 2 saturated heterocycles. The Balaban J connectivity index is 1.49. The maximum Gasteiger partial charge on any atom is 0.311 e. The molecule has 1 amide bonds. The number of esters is 1. The lowest BCUT2D eigenvalue weighted by atomic mass is 9.98. The zero-order valence-corrected chi connectivity index (χ0v) is 20.8. The van der Waals surface area contributed by atoms with Gasteiger partial charge in [0.1, 0.15) is 12.4 Å². The van der Waals surface area contributed by atoms with Crippen molar-refractivity contribution in [2.24, 2.45) is 5.92 Å². The van der Waals surface area contributed by atoms with E-state index in [4.69, 9.17) is 4.74 Å². The van der Waals surface area contributed by atoms with Crippen molar-refractivity contribution in [2.45, 2.75) is 70.4 Å². The third kappa shape index (κ3) is 4.98. The summed E-state index contributed by atoms with van der Waals surface area (Å²) in [4.78, 5) is 31.3. The van der Waals surface area contributed by atoms with E-state index in [1.54, 1.807) is 27.4 Å². The van der Waals surface area contributed by atoms with E-state index < -0.39 is 10.0 Å². The minimum Gasteiger partial charge on any atom is -0.457 e. The number of likely N-dealkylation sites (tertiary alicyclic amines) is 1. The van der Waals surface area contributed by atoms with E-state index in [0.717, 1.165) is 31.2 Å².